The van der Waals surface area contributed by atoms with E-state index in [0.29, 0.717) is 16.8 Å². The Morgan fingerprint density at radius 1 is 1.73 bits per heavy atom. The van der Waals surface area contributed by atoms with E-state index in [1.807, 2.05) is 13.0 Å². The molecule has 0 amide bonds. The van der Waals surface area contributed by atoms with Gasteiger partial charge < -0.3 is 4.42 Å². The van der Waals surface area contributed by atoms with Crippen molar-refractivity contribution in [1.29, 1.82) is 0 Å². The van der Waals surface area contributed by atoms with Gasteiger partial charge in [0, 0.05) is 0 Å². The van der Waals surface area contributed by atoms with Crippen LogP contribution < -0.4 is 0 Å². The van der Waals surface area contributed by atoms with Gasteiger partial charge in [-0.05, 0) is 19.7 Å². The highest BCUT2D eigenvalue weighted by atomic mass is 32.1. The average molecular weight is 168 g/mol. The Morgan fingerprint density at radius 2 is 2.45 bits per heavy atom. The van der Waals surface area contributed by atoms with Crippen LogP contribution in [-0.2, 0) is 0 Å². The summed E-state index contributed by atoms with van der Waals surface area (Å²) in [7, 11) is 0. The summed E-state index contributed by atoms with van der Waals surface area (Å²) >= 11 is 3.92. The highest BCUT2D eigenvalue weighted by Gasteiger charge is 2.04. The molecule has 0 radical (unpaired) electrons. The van der Waals surface area contributed by atoms with Gasteiger partial charge in [0.15, 0.2) is 11.6 Å². The fraction of sp³-hybridized carbons (Fsp3) is 0.143. The van der Waals surface area contributed by atoms with Crippen molar-refractivity contribution in [2.45, 2.75) is 12.1 Å². The second-order valence-corrected chi connectivity index (χ2v) is 2.22. The minimum atomic E-state index is 0.306. The van der Waals surface area contributed by atoms with Crippen molar-refractivity contribution >= 4 is 31.2 Å². The molecule has 58 valence electrons. The minimum Gasteiger partial charge on any atom is -0.430 e. The van der Waals surface area contributed by atoms with E-state index in [2.05, 4.69) is 29.3 Å². The van der Waals surface area contributed by atoms with Crippen LogP contribution in [0.3, 0.4) is 0 Å². The predicted molar refractivity (Wildman–Crippen MR) is 47.7 cm³/mol. The van der Waals surface area contributed by atoms with Gasteiger partial charge in [-0.2, -0.15) is 4.98 Å². The Morgan fingerprint density at radius 3 is 3.00 bits per heavy atom. The summed E-state index contributed by atoms with van der Waals surface area (Å²) in [5.74, 6) is 1.07. The van der Waals surface area contributed by atoms with E-state index < -0.39 is 0 Å². The van der Waals surface area contributed by atoms with Gasteiger partial charge in [-0.25, -0.2) is 4.99 Å². The lowest BCUT2D eigenvalue weighted by atomic mass is 10.4. The quantitative estimate of drug-likeness (QED) is 0.543. The highest BCUT2D eigenvalue weighted by Crippen LogP contribution is 2.22. The third-order valence-electron chi connectivity index (χ3n) is 1.09. The van der Waals surface area contributed by atoms with Gasteiger partial charge in [-0.3, -0.25) is 0 Å². The number of nitrogens with zero attached hydrogens (tertiary/aromatic N) is 2. The number of hydrogen-bond acceptors (Lipinski definition) is 4. The standard InChI is InChI=1S/C7H8N2OS/c1-3-4-5-6(8-2)9-7(11)10-5/h3-4H,2H2,1H3,(H,9,11)/b4-3-. The second kappa shape index (κ2) is 3.39. The van der Waals surface area contributed by atoms with Gasteiger partial charge in [0.1, 0.15) is 0 Å². The van der Waals surface area contributed by atoms with Crippen LogP contribution in [0.15, 0.2) is 20.7 Å². The first-order valence-corrected chi connectivity index (χ1v) is 3.52. The molecule has 3 nitrogen and oxygen atoms in total. The number of hydrogen-bond donors (Lipinski definition) is 1. The number of aliphatic imine (C=N–C) groups is 1. The molecule has 0 aromatic carbocycles. The Labute approximate surface area is 70.3 Å². The van der Waals surface area contributed by atoms with E-state index in [1.165, 1.54) is 0 Å². The predicted octanol–water partition coefficient (Wildman–Crippen LogP) is 2.33. The molecule has 0 saturated heterocycles. The molecule has 4 heteroatoms. The van der Waals surface area contributed by atoms with Crippen LogP contribution in [0.1, 0.15) is 12.7 Å². The molecule has 0 spiro atoms. The zero-order valence-corrected chi connectivity index (χ0v) is 7.01. The molecule has 0 unspecified atom stereocenters. The molecular weight excluding hydrogens is 160 g/mol. The molecule has 11 heavy (non-hydrogen) atoms. The van der Waals surface area contributed by atoms with Crippen LogP contribution in [0, 0.1) is 0 Å². The monoisotopic (exact) mass is 168 g/mol. The summed E-state index contributed by atoms with van der Waals surface area (Å²) < 4.78 is 5.08. The van der Waals surface area contributed by atoms with Crippen LogP contribution in [0.4, 0.5) is 5.82 Å². The van der Waals surface area contributed by atoms with E-state index >= 15 is 0 Å². The van der Waals surface area contributed by atoms with Crippen molar-refractivity contribution in [3.05, 3.63) is 11.8 Å². The van der Waals surface area contributed by atoms with E-state index in [4.69, 9.17) is 4.42 Å². The fourth-order valence-corrected chi connectivity index (χ4v) is 0.879. The first-order chi connectivity index (χ1) is 5.27. The summed E-state index contributed by atoms with van der Waals surface area (Å²) in [5, 5.41) is 0.306. The van der Waals surface area contributed by atoms with Crippen LogP contribution in [0.25, 0.3) is 6.08 Å². The lowest BCUT2D eigenvalue weighted by Gasteiger charge is -1.82. The van der Waals surface area contributed by atoms with Gasteiger partial charge in [0.2, 0.25) is 0 Å². The zero-order valence-electron chi connectivity index (χ0n) is 6.11. The van der Waals surface area contributed by atoms with E-state index in [1.54, 1.807) is 6.08 Å². The maximum Gasteiger partial charge on any atom is 0.255 e. The smallest absolute Gasteiger partial charge is 0.255 e. The summed E-state index contributed by atoms with van der Waals surface area (Å²) in [5.41, 5.74) is 0. The van der Waals surface area contributed by atoms with E-state index in [9.17, 15) is 0 Å². The van der Waals surface area contributed by atoms with Crippen LogP contribution in [-0.4, -0.2) is 11.7 Å². The molecule has 1 heterocycles. The fourth-order valence-electron chi connectivity index (χ4n) is 0.686. The zero-order chi connectivity index (χ0) is 8.27. The van der Waals surface area contributed by atoms with Crippen molar-refractivity contribution in [3.63, 3.8) is 0 Å². The van der Waals surface area contributed by atoms with Crippen molar-refractivity contribution < 1.29 is 4.42 Å². The van der Waals surface area contributed by atoms with E-state index in [0.717, 1.165) is 0 Å². The molecule has 0 saturated carbocycles. The maximum absolute atomic E-state index is 5.08. The Balaban J connectivity index is 3.11. The number of oxazole rings is 1. The summed E-state index contributed by atoms with van der Waals surface area (Å²) in [6, 6.07) is 0. The molecule has 0 atom stereocenters. The van der Waals surface area contributed by atoms with Gasteiger partial charge in [-0.15, -0.1) is 0 Å². The van der Waals surface area contributed by atoms with Crippen LogP contribution in [0.5, 0.6) is 0 Å². The number of allylic oxidation sites excluding steroid dienone is 1. The van der Waals surface area contributed by atoms with Gasteiger partial charge in [-0.1, -0.05) is 18.7 Å². The first-order valence-electron chi connectivity index (χ1n) is 3.07. The molecular formula is C7H8N2OS. The third-order valence-corrected chi connectivity index (χ3v) is 1.28. The molecule has 0 aliphatic rings. The Bertz CT molecular complexity index is 291. The van der Waals surface area contributed by atoms with E-state index in [-0.39, 0.29) is 0 Å². The lowest BCUT2D eigenvalue weighted by molar-refractivity contribution is 0.449. The molecule has 1 rings (SSSR count). The summed E-state index contributed by atoms with van der Waals surface area (Å²) in [4.78, 5) is 7.52. The lowest BCUT2D eigenvalue weighted by Crippen LogP contribution is -1.64. The normalized spacial score (nSPS) is 10.7. The molecule has 1 aromatic heterocycles. The summed E-state index contributed by atoms with van der Waals surface area (Å²) in [6.45, 7) is 5.23. The largest absolute Gasteiger partial charge is 0.430 e. The SMILES string of the molecule is C=Nc1nc(S)oc1/C=C\C. The van der Waals surface area contributed by atoms with Crippen molar-refractivity contribution in [2.75, 3.05) is 0 Å². The van der Waals surface area contributed by atoms with Crippen molar-refractivity contribution in [1.82, 2.24) is 4.98 Å². The van der Waals surface area contributed by atoms with Gasteiger partial charge in [0.25, 0.3) is 5.22 Å². The topological polar surface area (TPSA) is 38.4 Å². The molecule has 0 N–H and O–H groups in total. The third kappa shape index (κ3) is 1.71. The number of rotatable bonds is 2. The van der Waals surface area contributed by atoms with Crippen molar-refractivity contribution in [3.8, 4) is 0 Å². The second-order valence-electron chi connectivity index (χ2n) is 1.84. The minimum absolute atomic E-state index is 0.306. The maximum atomic E-state index is 5.08. The molecule has 1 aromatic rings. The molecule has 0 fully saturated rings. The first kappa shape index (κ1) is 8.07. The van der Waals surface area contributed by atoms with Gasteiger partial charge >= 0.3 is 0 Å². The van der Waals surface area contributed by atoms with Gasteiger partial charge in [0.05, 0.1) is 0 Å². The Hall–Kier alpha value is -1.03. The molecule has 0 aliphatic carbocycles. The highest BCUT2D eigenvalue weighted by molar-refractivity contribution is 7.80. The molecule has 0 bridgehead atoms. The Kier molecular flexibility index (Phi) is 2.48. The average Bonchev–Trinajstić information content (AvgIpc) is 2.32. The number of thiol groups is 1. The van der Waals surface area contributed by atoms with Crippen LogP contribution >= 0.6 is 12.6 Å². The van der Waals surface area contributed by atoms with Crippen LogP contribution in [0.2, 0.25) is 0 Å². The molecule has 0 aliphatic heterocycles. The summed E-state index contributed by atoms with van der Waals surface area (Å²) in [6.07, 6.45) is 3.60. The number of aromatic nitrogens is 1. The van der Waals surface area contributed by atoms with Crippen molar-refractivity contribution in [2.24, 2.45) is 4.99 Å².